The maximum Gasteiger partial charge on any atom is 0.355 e. The van der Waals surface area contributed by atoms with E-state index >= 15 is 0 Å². The van der Waals surface area contributed by atoms with Crippen LogP contribution in [0.25, 0.3) is 11.0 Å². The fraction of sp³-hybridized carbons (Fsp3) is 0.0400. The van der Waals surface area contributed by atoms with Gasteiger partial charge in [-0.1, -0.05) is 23.2 Å². The Balaban J connectivity index is 1.41. The van der Waals surface area contributed by atoms with Gasteiger partial charge in [0.2, 0.25) is 6.04 Å². The highest BCUT2D eigenvalue weighted by molar-refractivity contribution is 7.86. The number of carboxylic acids is 1. The molecule has 0 aliphatic carbocycles. The number of benzene rings is 3. The maximum absolute atomic E-state index is 13.0. The molecule has 2 heterocycles. The van der Waals surface area contributed by atoms with Gasteiger partial charge in [0, 0.05) is 11.3 Å². The number of rotatable bonds is 8. The molecular formula is C25H15Cl2N7O10S2. The number of carbonyl (C=O) groups is 3. The highest BCUT2D eigenvalue weighted by Gasteiger charge is 2.41. The molecule has 0 spiro atoms. The summed E-state index contributed by atoms with van der Waals surface area (Å²) < 4.78 is 65.9. The van der Waals surface area contributed by atoms with Gasteiger partial charge in [-0.2, -0.15) is 37.2 Å². The zero-order chi connectivity index (χ0) is 33.6. The van der Waals surface area contributed by atoms with E-state index in [0.717, 1.165) is 36.4 Å². The molecule has 5 rings (SSSR count). The van der Waals surface area contributed by atoms with E-state index in [1.165, 1.54) is 24.3 Å². The van der Waals surface area contributed by atoms with Gasteiger partial charge in [-0.05, 0) is 60.7 Å². The molecule has 1 aliphatic rings. The largest absolute Gasteiger partial charge is 0.477 e. The summed E-state index contributed by atoms with van der Waals surface area (Å²) in [5.74, 6) is -3.44. The van der Waals surface area contributed by atoms with Gasteiger partial charge in [0.15, 0.2) is 16.0 Å². The number of amides is 2. The molecular weight excluding hydrogens is 693 g/mol. The van der Waals surface area contributed by atoms with E-state index in [2.05, 4.69) is 30.6 Å². The average molecular weight is 708 g/mol. The van der Waals surface area contributed by atoms with Gasteiger partial charge in [0.25, 0.3) is 32.1 Å². The molecule has 2 amide bonds. The van der Waals surface area contributed by atoms with E-state index in [4.69, 9.17) is 27.8 Å². The molecule has 46 heavy (non-hydrogen) atoms. The smallest absolute Gasteiger partial charge is 0.355 e. The van der Waals surface area contributed by atoms with E-state index in [1.807, 2.05) is 0 Å². The Morgan fingerprint density at radius 3 is 2.13 bits per heavy atom. The van der Waals surface area contributed by atoms with E-state index in [9.17, 15) is 40.9 Å². The highest BCUT2D eigenvalue weighted by atomic mass is 35.5. The normalized spacial score (nSPS) is 15.4. The molecule has 1 atom stereocenters. The molecule has 1 aromatic heterocycles. The number of fused-ring (bicyclic) bond motifs is 1. The minimum atomic E-state index is -5.01. The summed E-state index contributed by atoms with van der Waals surface area (Å²) in [7, 11) is -9.57. The number of aromatic nitrogens is 2. The van der Waals surface area contributed by atoms with Crippen LogP contribution in [0, 0.1) is 0 Å². The Hall–Kier alpha value is -4.92. The van der Waals surface area contributed by atoms with Crippen molar-refractivity contribution in [3.63, 3.8) is 0 Å². The number of halogens is 2. The average Bonchev–Trinajstić information content (AvgIpc) is 3.32. The minimum absolute atomic E-state index is 0.0319. The van der Waals surface area contributed by atoms with Crippen LogP contribution in [0.5, 0.6) is 0 Å². The summed E-state index contributed by atoms with van der Waals surface area (Å²) in [6, 6.07) is 9.45. The SMILES string of the molecule is O=C(O)C1=NN(c2ccc(S(=O)(=O)O)cc2)C(=O)[C@H]1N=Nc1ccc(NC(=O)c2ccc3nc(Cl)c(Cl)nc3c2)cc1S(=O)(=O)O. The standard InChI is InChI=1S/C25H15Cl2N7O10S2/c26-21-22(27)30-17-9-11(1-7-15(17)29-21)23(35)28-12-2-8-16(18(10-12)46(42,43)44)31-32-19-20(25(37)38)33-34(24(19)36)13-3-5-14(6-4-13)45(39,40)41/h1-10,19H,(H,28,35)(H,37,38)(H,39,40,41)(H,42,43,44)/t19-/m0/s1. The second kappa shape index (κ2) is 12.1. The van der Waals surface area contributed by atoms with Crippen molar-refractivity contribution in [3.8, 4) is 0 Å². The molecule has 0 radical (unpaired) electrons. The van der Waals surface area contributed by atoms with E-state index < -0.39 is 65.3 Å². The van der Waals surface area contributed by atoms with Crippen LogP contribution in [0.2, 0.25) is 10.3 Å². The third-order valence-electron chi connectivity index (χ3n) is 6.13. The lowest BCUT2D eigenvalue weighted by atomic mass is 10.1. The first kappa shape index (κ1) is 32.5. The molecule has 3 aromatic carbocycles. The van der Waals surface area contributed by atoms with Crippen molar-refractivity contribution in [2.24, 2.45) is 15.3 Å². The van der Waals surface area contributed by atoms with Crippen molar-refractivity contribution in [2.75, 3.05) is 10.3 Å². The van der Waals surface area contributed by atoms with Crippen LogP contribution in [0.4, 0.5) is 17.1 Å². The first-order valence-electron chi connectivity index (χ1n) is 12.2. The summed E-state index contributed by atoms with van der Waals surface area (Å²) in [5, 5.41) is 23.5. The molecule has 4 aromatic rings. The van der Waals surface area contributed by atoms with Crippen LogP contribution in [0.1, 0.15) is 10.4 Å². The van der Waals surface area contributed by atoms with Gasteiger partial charge in [-0.15, -0.1) is 0 Å². The quantitative estimate of drug-likeness (QED) is 0.151. The van der Waals surface area contributed by atoms with Gasteiger partial charge in [-0.3, -0.25) is 18.7 Å². The van der Waals surface area contributed by atoms with Gasteiger partial charge in [0.1, 0.15) is 10.6 Å². The van der Waals surface area contributed by atoms with Crippen LogP contribution in [-0.4, -0.2) is 70.6 Å². The van der Waals surface area contributed by atoms with Crippen LogP contribution < -0.4 is 10.3 Å². The molecule has 17 nitrogen and oxygen atoms in total. The highest BCUT2D eigenvalue weighted by Crippen LogP contribution is 2.30. The number of carboxylic acid groups (broad SMARTS) is 1. The summed E-state index contributed by atoms with van der Waals surface area (Å²) in [4.78, 5) is 44.4. The van der Waals surface area contributed by atoms with Crippen LogP contribution in [-0.2, 0) is 29.8 Å². The van der Waals surface area contributed by atoms with Gasteiger partial charge in [-0.25, -0.2) is 14.8 Å². The van der Waals surface area contributed by atoms with E-state index in [1.54, 1.807) is 0 Å². The molecule has 0 saturated heterocycles. The zero-order valence-electron chi connectivity index (χ0n) is 22.3. The van der Waals surface area contributed by atoms with E-state index in [-0.39, 0.29) is 32.8 Å². The maximum atomic E-state index is 13.0. The molecule has 0 bridgehead atoms. The molecule has 0 fully saturated rings. The second-order valence-electron chi connectivity index (χ2n) is 9.15. The third-order valence-corrected chi connectivity index (χ3v) is 8.50. The number of hydrogen-bond acceptors (Lipinski definition) is 12. The Labute approximate surface area is 267 Å². The van der Waals surface area contributed by atoms with E-state index in [0.29, 0.717) is 10.5 Å². The Morgan fingerprint density at radius 1 is 0.870 bits per heavy atom. The molecule has 0 saturated carbocycles. The van der Waals surface area contributed by atoms with Crippen molar-refractivity contribution < 1.29 is 45.4 Å². The Kier molecular flexibility index (Phi) is 8.55. The minimum Gasteiger partial charge on any atom is -0.477 e. The summed E-state index contributed by atoms with van der Waals surface area (Å²) in [6.07, 6.45) is 0. The predicted molar refractivity (Wildman–Crippen MR) is 161 cm³/mol. The fourth-order valence-corrected chi connectivity index (χ4v) is 5.41. The molecule has 1 aliphatic heterocycles. The molecule has 4 N–H and O–H groups in total. The van der Waals surface area contributed by atoms with Crippen molar-refractivity contribution in [1.29, 1.82) is 0 Å². The number of anilines is 2. The lowest BCUT2D eigenvalue weighted by molar-refractivity contribution is -0.130. The monoisotopic (exact) mass is 707 g/mol. The van der Waals surface area contributed by atoms with Gasteiger partial charge >= 0.3 is 5.97 Å². The summed E-state index contributed by atoms with van der Waals surface area (Å²) in [6.45, 7) is 0. The Morgan fingerprint density at radius 2 is 1.52 bits per heavy atom. The fourth-order valence-electron chi connectivity index (χ4n) is 4.01. The number of hydrogen-bond donors (Lipinski definition) is 4. The third kappa shape index (κ3) is 6.68. The van der Waals surface area contributed by atoms with Crippen molar-refractivity contribution in [1.82, 2.24) is 9.97 Å². The topological polar surface area (TPSA) is 258 Å². The lowest BCUT2D eigenvalue weighted by Gasteiger charge is -2.12. The lowest BCUT2D eigenvalue weighted by Crippen LogP contribution is -2.33. The first-order chi connectivity index (χ1) is 21.5. The van der Waals surface area contributed by atoms with Crippen molar-refractivity contribution >= 4 is 95.0 Å². The second-order valence-corrected chi connectivity index (χ2v) is 12.7. The molecule has 21 heteroatoms. The van der Waals surface area contributed by atoms with Crippen LogP contribution in [0.3, 0.4) is 0 Å². The number of carbonyl (C=O) groups excluding carboxylic acids is 2. The number of hydrazone groups is 1. The van der Waals surface area contributed by atoms with Crippen LogP contribution >= 0.6 is 23.2 Å². The Bertz CT molecular complexity index is 2250. The summed E-state index contributed by atoms with van der Waals surface area (Å²) in [5.41, 5.74) is -0.857. The predicted octanol–water partition coefficient (Wildman–Crippen LogP) is 3.62. The first-order valence-corrected chi connectivity index (χ1v) is 15.9. The number of nitrogens with one attached hydrogen (secondary N) is 1. The number of aliphatic carboxylic acids is 1. The number of nitrogens with zero attached hydrogens (tertiary/aromatic N) is 6. The van der Waals surface area contributed by atoms with Crippen LogP contribution in [0.15, 0.2) is 85.8 Å². The van der Waals surface area contributed by atoms with Crippen molar-refractivity contribution in [2.45, 2.75) is 15.8 Å². The molecule has 0 unspecified atom stereocenters. The van der Waals surface area contributed by atoms with Gasteiger partial charge in [0.05, 0.1) is 21.6 Å². The number of azo groups is 1. The zero-order valence-corrected chi connectivity index (χ0v) is 25.5. The molecule has 236 valence electrons. The van der Waals surface area contributed by atoms with Crippen molar-refractivity contribution in [3.05, 3.63) is 76.5 Å². The van der Waals surface area contributed by atoms with Gasteiger partial charge < -0.3 is 10.4 Å². The summed E-state index contributed by atoms with van der Waals surface area (Å²) >= 11 is 11.7.